The van der Waals surface area contributed by atoms with E-state index in [9.17, 15) is 0 Å². The summed E-state index contributed by atoms with van der Waals surface area (Å²) in [6.45, 7) is 0. The molecule has 1 rings (SSSR count). The van der Waals surface area contributed by atoms with Crippen molar-refractivity contribution in [2.75, 3.05) is 0 Å². The molecule has 0 aliphatic carbocycles. The highest BCUT2D eigenvalue weighted by Crippen LogP contribution is 2.27. The smallest absolute Gasteiger partial charge is 0.101 e. The fourth-order valence-electron chi connectivity index (χ4n) is 0.779. The van der Waals surface area contributed by atoms with E-state index in [0.29, 0.717) is 10.6 Å². The van der Waals surface area contributed by atoms with Crippen LogP contribution in [0, 0.1) is 14.9 Å². The molecule has 0 bridgehead atoms. The summed E-state index contributed by atoms with van der Waals surface area (Å²) in [5.41, 5.74) is 1.64. The molecular formula is C8H4BrClIN. The molecule has 0 amide bonds. The van der Waals surface area contributed by atoms with Crippen LogP contribution in [-0.2, 0) is 5.33 Å². The maximum Gasteiger partial charge on any atom is 0.101 e. The summed E-state index contributed by atoms with van der Waals surface area (Å²) in [5, 5.41) is 9.97. The first-order valence-corrected chi connectivity index (χ1v) is 5.71. The lowest BCUT2D eigenvalue weighted by Crippen LogP contribution is -1.88. The Labute approximate surface area is 98.0 Å². The van der Waals surface area contributed by atoms with E-state index in [1.165, 1.54) is 0 Å². The summed E-state index contributed by atoms with van der Waals surface area (Å²) < 4.78 is 0.949. The Bertz CT molecular complexity index is 346. The summed E-state index contributed by atoms with van der Waals surface area (Å²) >= 11 is 11.4. The lowest BCUT2D eigenvalue weighted by molar-refractivity contribution is 1.37. The molecule has 0 heterocycles. The summed E-state index contributed by atoms with van der Waals surface area (Å²) in [7, 11) is 0. The number of halogens is 3. The topological polar surface area (TPSA) is 23.8 Å². The van der Waals surface area contributed by atoms with E-state index in [2.05, 4.69) is 38.5 Å². The molecule has 0 radical (unpaired) electrons. The summed E-state index contributed by atoms with van der Waals surface area (Å²) in [6, 6.07) is 5.68. The Hall–Kier alpha value is 0.210. The van der Waals surface area contributed by atoms with E-state index in [1.807, 2.05) is 12.1 Å². The Balaban J connectivity index is 3.32. The summed E-state index contributed by atoms with van der Waals surface area (Å²) in [6.07, 6.45) is 0. The van der Waals surface area contributed by atoms with Crippen LogP contribution < -0.4 is 0 Å². The monoisotopic (exact) mass is 355 g/mol. The molecule has 0 spiro atoms. The third kappa shape index (κ3) is 1.93. The molecule has 0 aliphatic rings. The number of hydrogen-bond donors (Lipinski definition) is 0. The summed E-state index contributed by atoms with van der Waals surface area (Å²) in [5.74, 6) is 0. The van der Waals surface area contributed by atoms with Crippen LogP contribution in [0.1, 0.15) is 11.1 Å². The van der Waals surface area contributed by atoms with Crippen LogP contribution in [-0.4, -0.2) is 0 Å². The van der Waals surface area contributed by atoms with Gasteiger partial charge in [-0.1, -0.05) is 33.6 Å². The molecule has 4 heteroatoms. The highest BCUT2D eigenvalue weighted by Gasteiger charge is 2.07. The van der Waals surface area contributed by atoms with E-state index in [-0.39, 0.29) is 0 Å². The Kier molecular flexibility index (Phi) is 3.81. The largest absolute Gasteiger partial charge is 0.192 e. The molecule has 0 saturated heterocycles. The number of hydrogen-bond acceptors (Lipinski definition) is 1. The molecule has 62 valence electrons. The zero-order chi connectivity index (χ0) is 9.14. The maximum atomic E-state index is 8.66. The van der Waals surface area contributed by atoms with Gasteiger partial charge in [0.1, 0.15) is 6.07 Å². The Morgan fingerprint density at radius 3 is 2.75 bits per heavy atom. The van der Waals surface area contributed by atoms with Crippen LogP contribution in [0.25, 0.3) is 0 Å². The zero-order valence-electron chi connectivity index (χ0n) is 5.94. The highest BCUT2D eigenvalue weighted by atomic mass is 127. The van der Waals surface area contributed by atoms with Crippen molar-refractivity contribution in [3.8, 4) is 6.07 Å². The van der Waals surface area contributed by atoms with E-state index in [4.69, 9.17) is 16.9 Å². The van der Waals surface area contributed by atoms with Crippen molar-refractivity contribution in [3.05, 3.63) is 31.9 Å². The van der Waals surface area contributed by atoms with Crippen molar-refractivity contribution < 1.29 is 0 Å². The molecule has 1 aromatic carbocycles. The minimum absolute atomic E-state index is 0.533. The second-order valence-electron chi connectivity index (χ2n) is 2.15. The second kappa shape index (κ2) is 4.45. The van der Waals surface area contributed by atoms with Gasteiger partial charge in [0.25, 0.3) is 0 Å². The third-order valence-electron chi connectivity index (χ3n) is 1.43. The molecule has 0 fully saturated rings. The third-order valence-corrected chi connectivity index (χ3v) is 3.97. The van der Waals surface area contributed by atoms with E-state index in [1.54, 1.807) is 6.07 Å². The van der Waals surface area contributed by atoms with Gasteiger partial charge in [0.05, 0.1) is 10.6 Å². The van der Waals surface area contributed by atoms with Gasteiger partial charge < -0.3 is 0 Å². The first kappa shape index (κ1) is 10.3. The Morgan fingerprint density at radius 2 is 2.25 bits per heavy atom. The number of benzene rings is 1. The van der Waals surface area contributed by atoms with E-state index < -0.39 is 0 Å². The van der Waals surface area contributed by atoms with Crippen molar-refractivity contribution in [3.63, 3.8) is 0 Å². The zero-order valence-corrected chi connectivity index (χ0v) is 10.4. The van der Waals surface area contributed by atoms with Crippen LogP contribution in [0.5, 0.6) is 0 Å². The molecule has 12 heavy (non-hydrogen) atoms. The predicted octanol–water partition coefficient (Wildman–Crippen LogP) is 3.71. The normalized spacial score (nSPS) is 9.50. The molecule has 1 aromatic rings. The van der Waals surface area contributed by atoms with Crippen LogP contribution >= 0.6 is 50.1 Å². The molecule has 1 nitrogen and oxygen atoms in total. The van der Waals surface area contributed by atoms with Gasteiger partial charge in [-0.25, -0.2) is 0 Å². The van der Waals surface area contributed by atoms with Gasteiger partial charge in [-0.2, -0.15) is 5.26 Å². The van der Waals surface area contributed by atoms with E-state index >= 15 is 0 Å². The van der Waals surface area contributed by atoms with Crippen molar-refractivity contribution in [1.29, 1.82) is 5.26 Å². The quantitative estimate of drug-likeness (QED) is 0.556. The lowest BCUT2D eigenvalue weighted by Gasteiger charge is -2.03. The minimum Gasteiger partial charge on any atom is -0.192 e. The Morgan fingerprint density at radius 1 is 1.58 bits per heavy atom. The average Bonchev–Trinajstić information content (AvgIpc) is 2.10. The first-order valence-electron chi connectivity index (χ1n) is 3.13. The fourth-order valence-corrected chi connectivity index (χ4v) is 2.66. The number of nitriles is 1. The van der Waals surface area contributed by atoms with Gasteiger partial charge in [-0.05, 0) is 34.2 Å². The second-order valence-corrected chi connectivity index (χ2v) is 4.16. The fraction of sp³-hybridized carbons (Fsp3) is 0.125. The summed E-state index contributed by atoms with van der Waals surface area (Å²) in [4.78, 5) is 0. The molecule has 0 N–H and O–H groups in total. The highest BCUT2D eigenvalue weighted by molar-refractivity contribution is 14.1. The molecule has 0 aromatic heterocycles. The van der Waals surface area contributed by atoms with Gasteiger partial charge in [0, 0.05) is 8.90 Å². The molecule has 0 unspecified atom stereocenters. The maximum absolute atomic E-state index is 8.66. The van der Waals surface area contributed by atoms with Crippen molar-refractivity contribution in [2.24, 2.45) is 0 Å². The molecular weight excluding hydrogens is 352 g/mol. The van der Waals surface area contributed by atoms with Crippen molar-refractivity contribution in [2.45, 2.75) is 5.33 Å². The molecule has 0 atom stereocenters. The molecule has 0 saturated carbocycles. The first-order chi connectivity index (χ1) is 5.70. The van der Waals surface area contributed by atoms with Crippen LogP contribution in [0.15, 0.2) is 12.1 Å². The van der Waals surface area contributed by atoms with Crippen molar-refractivity contribution >= 4 is 50.1 Å². The van der Waals surface area contributed by atoms with Gasteiger partial charge in [-0.3, -0.25) is 0 Å². The van der Waals surface area contributed by atoms with Crippen LogP contribution in [0.4, 0.5) is 0 Å². The lowest BCUT2D eigenvalue weighted by atomic mass is 10.2. The molecule has 0 aliphatic heterocycles. The minimum atomic E-state index is 0.533. The number of nitrogens with zero attached hydrogens (tertiary/aromatic N) is 1. The SMILES string of the molecule is N#Cc1ccc(CBr)c(I)c1Cl. The van der Waals surface area contributed by atoms with Gasteiger partial charge in [-0.15, -0.1) is 0 Å². The van der Waals surface area contributed by atoms with Crippen molar-refractivity contribution in [1.82, 2.24) is 0 Å². The standard InChI is InChI=1S/C8H4BrClIN/c9-3-5-1-2-6(4-12)7(10)8(5)11/h1-2H,3H2. The predicted molar refractivity (Wildman–Crippen MR) is 61.5 cm³/mol. The van der Waals surface area contributed by atoms with Gasteiger partial charge in [0.2, 0.25) is 0 Å². The average molecular weight is 356 g/mol. The number of alkyl halides is 1. The number of rotatable bonds is 1. The van der Waals surface area contributed by atoms with Gasteiger partial charge >= 0.3 is 0 Å². The van der Waals surface area contributed by atoms with E-state index in [0.717, 1.165) is 14.5 Å². The van der Waals surface area contributed by atoms with Gasteiger partial charge in [0.15, 0.2) is 0 Å². The van der Waals surface area contributed by atoms with Crippen LogP contribution in [0.2, 0.25) is 5.02 Å². The van der Waals surface area contributed by atoms with Crippen LogP contribution in [0.3, 0.4) is 0 Å².